The van der Waals surface area contributed by atoms with Crippen LogP contribution in [0.1, 0.15) is 48.5 Å². The number of aromatic nitrogens is 4. The first kappa shape index (κ1) is 25.2. The van der Waals surface area contributed by atoms with Gasteiger partial charge >= 0.3 is 0 Å². The summed E-state index contributed by atoms with van der Waals surface area (Å²) in [7, 11) is 0. The van der Waals surface area contributed by atoms with Crippen LogP contribution in [0.4, 0.5) is 10.9 Å². The Kier molecular flexibility index (Phi) is 9.41. The average Bonchev–Trinajstić information content (AvgIpc) is 3.23. The summed E-state index contributed by atoms with van der Waals surface area (Å²) in [4.78, 5) is 23.5. The normalized spacial score (nSPS) is 11.6. The maximum Gasteiger partial charge on any atom is 0.230 e. The van der Waals surface area contributed by atoms with Crippen molar-refractivity contribution in [1.82, 2.24) is 25.7 Å². The fraction of sp³-hybridized carbons (Fsp3) is 0.391. The lowest BCUT2D eigenvalue weighted by Crippen LogP contribution is -2.19. The molecule has 11 heteroatoms. The molecule has 34 heavy (non-hydrogen) atoms. The van der Waals surface area contributed by atoms with Gasteiger partial charge in [0.2, 0.25) is 16.9 Å². The van der Waals surface area contributed by atoms with Crippen LogP contribution in [0.25, 0.3) is 0 Å². The van der Waals surface area contributed by atoms with E-state index >= 15 is 0 Å². The first-order valence-corrected chi connectivity index (χ1v) is 11.9. The van der Waals surface area contributed by atoms with Crippen molar-refractivity contribution in [3.05, 3.63) is 58.2 Å². The number of aliphatic hydroxyl groups is 1. The maximum absolute atomic E-state index is 12.4. The minimum Gasteiger partial charge on any atom is -0.374 e. The summed E-state index contributed by atoms with van der Waals surface area (Å²) in [6, 6.07) is 11.3. The molecule has 1 atom stereocenters. The highest BCUT2D eigenvalue weighted by atomic mass is 32.1. The predicted octanol–water partition coefficient (Wildman–Crippen LogP) is 2.46. The van der Waals surface area contributed by atoms with E-state index in [1.165, 1.54) is 18.3 Å². The molecule has 2 amide bonds. The van der Waals surface area contributed by atoms with Gasteiger partial charge in [-0.05, 0) is 49.4 Å². The third kappa shape index (κ3) is 8.83. The molecule has 2 aromatic heterocycles. The number of aliphatic hydroxyl groups excluding tert-OH is 1. The summed E-state index contributed by atoms with van der Waals surface area (Å²) in [6.07, 6.45) is 2.95. The van der Waals surface area contributed by atoms with E-state index in [4.69, 9.17) is 0 Å². The van der Waals surface area contributed by atoms with E-state index in [-0.39, 0.29) is 18.2 Å². The fourth-order valence-electron chi connectivity index (χ4n) is 3.20. The topological polar surface area (TPSA) is 142 Å². The van der Waals surface area contributed by atoms with Crippen LogP contribution in [0.5, 0.6) is 0 Å². The number of hydrogen-bond acceptors (Lipinski definition) is 9. The number of unbranched alkanes of at least 4 members (excludes halogenated alkanes) is 1. The SMILES string of the molecule is CC(=O)NCc1cccc(CC(=O)Nc2nnc(CCCCc3ccc(NC(C)O)nn3)s2)c1. The molecule has 0 spiro atoms. The number of hydrogen-bond donors (Lipinski definition) is 4. The summed E-state index contributed by atoms with van der Waals surface area (Å²) in [5, 5.41) is 35.4. The molecule has 3 rings (SSSR count). The van der Waals surface area contributed by atoms with Gasteiger partial charge in [0.15, 0.2) is 5.82 Å². The summed E-state index contributed by atoms with van der Waals surface area (Å²) >= 11 is 1.38. The zero-order valence-electron chi connectivity index (χ0n) is 19.2. The van der Waals surface area contributed by atoms with Crippen molar-refractivity contribution >= 4 is 34.1 Å². The Labute approximate surface area is 202 Å². The Morgan fingerprint density at radius 1 is 1.03 bits per heavy atom. The minimum absolute atomic E-state index is 0.0935. The van der Waals surface area contributed by atoms with Crippen LogP contribution in [-0.2, 0) is 35.4 Å². The number of benzene rings is 1. The van der Waals surface area contributed by atoms with Crippen LogP contribution >= 0.6 is 11.3 Å². The summed E-state index contributed by atoms with van der Waals surface area (Å²) in [5.41, 5.74) is 2.70. The predicted molar refractivity (Wildman–Crippen MR) is 130 cm³/mol. The highest BCUT2D eigenvalue weighted by molar-refractivity contribution is 7.15. The molecule has 0 bridgehead atoms. The largest absolute Gasteiger partial charge is 0.374 e. The third-order valence-corrected chi connectivity index (χ3v) is 5.66. The van der Waals surface area contributed by atoms with Crippen molar-refractivity contribution in [3.63, 3.8) is 0 Å². The van der Waals surface area contributed by atoms with Crippen molar-refractivity contribution < 1.29 is 14.7 Å². The van der Waals surface area contributed by atoms with Crippen LogP contribution in [0.3, 0.4) is 0 Å². The third-order valence-electron chi connectivity index (χ3n) is 4.76. The molecule has 0 saturated carbocycles. The van der Waals surface area contributed by atoms with Crippen LogP contribution in [0, 0.1) is 0 Å². The molecule has 10 nitrogen and oxygen atoms in total. The highest BCUT2D eigenvalue weighted by Crippen LogP contribution is 2.18. The number of nitrogens with one attached hydrogen (secondary N) is 3. The van der Waals surface area contributed by atoms with Gasteiger partial charge in [0.25, 0.3) is 0 Å². The standard InChI is InChI=1S/C23H29N7O3S/c1-15(31)24-14-18-7-5-6-17(12-18)13-21(33)26-23-30-29-22(34-23)9-4-3-8-19-10-11-20(28-27-19)25-16(2)32/h5-7,10-12,16,32H,3-4,8-9,13-14H2,1-2H3,(H,24,31)(H,25,28)(H,26,30,33). The van der Waals surface area contributed by atoms with Gasteiger partial charge in [0.1, 0.15) is 11.2 Å². The smallest absolute Gasteiger partial charge is 0.230 e. The first-order chi connectivity index (χ1) is 16.4. The summed E-state index contributed by atoms with van der Waals surface area (Å²) in [6.45, 7) is 3.53. The monoisotopic (exact) mass is 483 g/mol. The highest BCUT2D eigenvalue weighted by Gasteiger charge is 2.10. The number of nitrogens with zero attached hydrogens (tertiary/aromatic N) is 4. The van der Waals surface area contributed by atoms with E-state index in [1.54, 1.807) is 13.0 Å². The molecular formula is C23H29N7O3S. The molecule has 0 aliphatic carbocycles. The fourth-order valence-corrected chi connectivity index (χ4v) is 3.99. The van der Waals surface area contributed by atoms with Crippen LogP contribution in [-0.4, -0.2) is 43.5 Å². The molecule has 4 N–H and O–H groups in total. The van der Waals surface area contributed by atoms with Gasteiger partial charge in [-0.15, -0.1) is 15.3 Å². The molecule has 1 aromatic carbocycles. The second-order valence-corrected chi connectivity index (χ2v) is 8.95. The zero-order chi connectivity index (χ0) is 24.3. The van der Waals surface area contributed by atoms with Crippen LogP contribution in [0.2, 0.25) is 0 Å². The Bertz CT molecular complexity index is 1090. The molecule has 0 aliphatic heterocycles. The van der Waals surface area contributed by atoms with Crippen molar-refractivity contribution in [3.8, 4) is 0 Å². The van der Waals surface area contributed by atoms with Gasteiger partial charge in [0.05, 0.1) is 12.1 Å². The van der Waals surface area contributed by atoms with Gasteiger partial charge in [-0.3, -0.25) is 9.59 Å². The van der Waals surface area contributed by atoms with Crippen molar-refractivity contribution in [1.29, 1.82) is 0 Å². The quantitative estimate of drug-likeness (QED) is 0.227. The molecular weight excluding hydrogens is 454 g/mol. The van der Waals surface area contributed by atoms with Gasteiger partial charge in [-0.25, -0.2) is 0 Å². The number of amides is 2. The van der Waals surface area contributed by atoms with Crippen LogP contribution in [0.15, 0.2) is 36.4 Å². The molecule has 0 fully saturated rings. The van der Waals surface area contributed by atoms with Crippen molar-refractivity contribution in [2.45, 2.75) is 58.7 Å². The number of anilines is 2. The molecule has 1 unspecified atom stereocenters. The van der Waals surface area contributed by atoms with E-state index in [2.05, 4.69) is 36.3 Å². The molecule has 3 aromatic rings. The van der Waals surface area contributed by atoms with E-state index in [0.29, 0.717) is 17.5 Å². The lowest BCUT2D eigenvalue weighted by atomic mass is 10.1. The number of carbonyl (C=O) groups excluding carboxylic acids is 2. The van der Waals surface area contributed by atoms with Gasteiger partial charge in [-0.1, -0.05) is 35.6 Å². The van der Waals surface area contributed by atoms with Gasteiger partial charge in [-0.2, -0.15) is 5.10 Å². The second-order valence-electron chi connectivity index (χ2n) is 7.89. The zero-order valence-corrected chi connectivity index (χ0v) is 20.1. The molecule has 0 radical (unpaired) electrons. The molecule has 0 saturated heterocycles. The first-order valence-electron chi connectivity index (χ1n) is 11.1. The van der Waals surface area contributed by atoms with E-state index < -0.39 is 6.23 Å². The summed E-state index contributed by atoms with van der Waals surface area (Å²) < 4.78 is 0. The van der Waals surface area contributed by atoms with E-state index in [9.17, 15) is 14.7 Å². The average molecular weight is 484 g/mol. The van der Waals surface area contributed by atoms with Crippen molar-refractivity contribution in [2.24, 2.45) is 0 Å². The molecule has 2 heterocycles. The van der Waals surface area contributed by atoms with Gasteiger partial charge in [0, 0.05) is 19.9 Å². The number of aryl methyl sites for hydroxylation is 2. The summed E-state index contributed by atoms with van der Waals surface area (Å²) in [5.74, 6) is 0.287. The second kappa shape index (κ2) is 12.7. The molecule has 180 valence electrons. The van der Waals surface area contributed by atoms with Crippen molar-refractivity contribution in [2.75, 3.05) is 10.6 Å². The van der Waals surface area contributed by atoms with E-state index in [0.717, 1.165) is 47.5 Å². The lowest BCUT2D eigenvalue weighted by molar-refractivity contribution is -0.119. The Morgan fingerprint density at radius 2 is 1.82 bits per heavy atom. The molecule has 0 aliphatic rings. The minimum atomic E-state index is -0.672. The Balaban J connectivity index is 1.39. The Morgan fingerprint density at radius 3 is 2.56 bits per heavy atom. The Hall–Kier alpha value is -3.44. The van der Waals surface area contributed by atoms with Gasteiger partial charge < -0.3 is 21.1 Å². The van der Waals surface area contributed by atoms with Crippen LogP contribution < -0.4 is 16.0 Å². The maximum atomic E-state index is 12.4. The number of carbonyl (C=O) groups is 2. The van der Waals surface area contributed by atoms with E-state index in [1.807, 2.05) is 30.3 Å². The number of rotatable bonds is 12. The lowest BCUT2D eigenvalue weighted by Gasteiger charge is -2.07.